The number of nitrogens with zero attached hydrogens (tertiary/aromatic N) is 1. The van der Waals surface area contributed by atoms with Crippen LogP contribution < -0.4 is 5.73 Å². The zero-order valence-electron chi connectivity index (χ0n) is 7.99. The molecule has 2 aromatic heterocycles. The molecule has 0 aliphatic carbocycles. The maximum atomic E-state index is 5.56. The first-order chi connectivity index (χ1) is 6.81. The van der Waals surface area contributed by atoms with Crippen molar-refractivity contribution in [3.63, 3.8) is 0 Å². The van der Waals surface area contributed by atoms with Gasteiger partial charge in [0.1, 0.15) is 0 Å². The molecule has 0 unspecified atom stereocenters. The van der Waals surface area contributed by atoms with Crippen molar-refractivity contribution in [3.05, 3.63) is 28.2 Å². The molecule has 0 aromatic carbocycles. The zero-order chi connectivity index (χ0) is 9.97. The second-order valence-electron chi connectivity index (χ2n) is 3.02. The highest BCUT2D eigenvalue weighted by atomic mass is 32.1. The Morgan fingerprint density at radius 3 is 3.00 bits per heavy atom. The van der Waals surface area contributed by atoms with Crippen molar-refractivity contribution >= 4 is 22.7 Å². The molecule has 2 nitrogen and oxygen atoms in total. The average Bonchev–Trinajstić information content (AvgIpc) is 2.74. The lowest BCUT2D eigenvalue weighted by Crippen LogP contribution is -2.03. The molecular formula is C10H12N2S2. The van der Waals surface area contributed by atoms with Crippen LogP contribution in [0.15, 0.2) is 17.5 Å². The normalized spacial score (nSPS) is 10.7. The predicted molar refractivity (Wildman–Crippen MR) is 62.9 cm³/mol. The minimum Gasteiger partial charge on any atom is -0.330 e. The second kappa shape index (κ2) is 4.21. The van der Waals surface area contributed by atoms with Crippen molar-refractivity contribution in [2.75, 3.05) is 6.54 Å². The standard InChI is InChI=1S/C10H12N2S2/c1-7-12-8(4-5-11)10(14-7)9-3-2-6-13-9/h2-3,6H,4-5,11H2,1H3. The smallest absolute Gasteiger partial charge is 0.0904 e. The number of aryl methyl sites for hydroxylation is 1. The highest BCUT2D eigenvalue weighted by Crippen LogP contribution is 2.33. The molecule has 0 spiro atoms. The summed E-state index contributed by atoms with van der Waals surface area (Å²) in [5.74, 6) is 0. The first kappa shape index (κ1) is 9.83. The second-order valence-corrected chi connectivity index (χ2v) is 5.18. The summed E-state index contributed by atoms with van der Waals surface area (Å²) in [6, 6.07) is 4.21. The molecule has 0 saturated carbocycles. The molecule has 2 N–H and O–H groups in total. The van der Waals surface area contributed by atoms with E-state index in [0.29, 0.717) is 6.54 Å². The topological polar surface area (TPSA) is 38.9 Å². The largest absolute Gasteiger partial charge is 0.330 e. The molecule has 2 aromatic rings. The molecule has 0 aliphatic heterocycles. The monoisotopic (exact) mass is 224 g/mol. The fourth-order valence-corrected chi connectivity index (χ4v) is 3.22. The van der Waals surface area contributed by atoms with E-state index < -0.39 is 0 Å². The van der Waals surface area contributed by atoms with E-state index in [0.717, 1.165) is 17.1 Å². The van der Waals surface area contributed by atoms with Gasteiger partial charge < -0.3 is 5.73 Å². The Balaban J connectivity index is 2.41. The van der Waals surface area contributed by atoms with Gasteiger partial charge in [0.2, 0.25) is 0 Å². The minimum atomic E-state index is 0.668. The van der Waals surface area contributed by atoms with Gasteiger partial charge in [0.25, 0.3) is 0 Å². The lowest BCUT2D eigenvalue weighted by molar-refractivity contribution is 0.931. The van der Waals surface area contributed by atoms with Crippen molar-refractivity contribution in [2.24, 2.45) is 5.73 Å². The molecule has 0 bridgehead atoms. The number of hydrogen-bond acceptors (Lipinski definition) is 4. The van der Waals surface area contributed by atoms with E-state index in [1.54, 1.807) is 22.7 Å². The van der Waals surface area contributed by atoms with Crippen molar-refractivity contribution in [1.29, 1.82) is 0 Å². The van der Waals surface area contributed by atoms with Gasteiger partial charge in [0.15, 0.2) is 0 Å². The summed E-state index contributed by atoms with van der Waals surface area (Å²) >= 11 is 3.51. The number of rotatable bonds is 3. The van der Waals surface area contributed by atoms with Crippen LogP contribution in [0.3, 0.4) is 0 Å². The van der Waals surface area contributed by atoms with Crippen molar-refractivity contribution in [2.45, 2.75) is 13.3 Å². The van der Waals surface area contributed by atoms with E-state index in [1.165, 1.54) is 9.75 Å². The molecular weight excluding hydrogens is 212 g/mol. The van der Waals surface area contributed by atoms with Gasteiger partial charge in [-0.15, -0.1) is 22.7 Å². The zero-order valence-corrected chi connectivity index (χ0v) is 9.62. The molecule has 74 valence electrons. The first-order valence-corrected chi connectivity index (χ1v) is 6.21. The lowest BCUT2D eigenvalue weighted by atomic mass is 10.2. The fraction of sp³-hybridized carbons (Fsp3) is 0.300. The average molecular weight is 224 g/mol. The SMILES string of the molecule is Cc1nc(CCN)c(-c2cccs2)s1. The molecule has 0 fully saturated rings. The highest BCUT2D eigenvalue weighted by molar-refractivity contribution is 7.21. The molecule has 2 heterocycles. The van der Waals surface area contributed by atoms with Crippen LogP contribution in [0.1, 0.15) is 10.7 Å². The van der Waals surface area contributed by atoms with Gasteiger partial charge in [-0.3, -0.25) is 0 Å². The summed E-state index contributed by atoms with van der Waals surface area (Å²) < 4.78 is 0. The maximum absolute atomic E-state index is 5.56. The Bertz CT molecular complexity index is 404. The molecule has 0 saturated heterocycles. The fourth-order valence-electron chi connectivity index (χ4n) is 1.38. The van der Waals surface area contributed by atoms with Gasteiger partial charge in [-0.1, -0.05) is 6.07 Å². The van der Waals surface area contributed by atoms with Crippen LogP contribution in [-0.4, -0.2) is 11.5 Å². The molecule has 2 rings (SSSR count). The maximum Gasteiger partial charge on any atom is 0.0904 e. The van der Waals surface area contributed by atoms with E-state index in [2.05, 4.69) is 22.5 Å². The molecule has 0 atom stereocenters. The van der Waals surface area contributed by atoms with Crippen LogP contribution in [0.5, 0.6) is 0 Å². The van der Waals surface area contributed by atoms with Crippen LogP contribution in [-0.2, 0) is 6.42 Å². The molecule has 4 heteroatoms. The van der Waals surface area contributed by atoms with Gasteiger partial charge in [0, 0.05) is 11.3 Å². The summed E-state index contributed by atoms with van der Waals surface area (Å²) in [6.07, 6.45) is 0.873. The number of hydrogen-bond donors (Lipinski definition) is 1. The Hall–Kier alpha value is -0.710. The third kappa shape index (κ3) is 1.87. The van der Waals surface area contributed by atoms with Crippen LogP contribution in [0, 0.1) is 6.92 Å². The van der Waals surface area contributed by atoms with Crippen molar-refractivity contribution in [1.82, 2.24) is 4.98 Å². The molecule has 0 radical (unpaired) electrons. The van der Waals surface area contributed by atoms with Gasteiger partial charge in [-0.05, 0) is 24.9 Å². The van der Waals surface area contributed by atoms with Crippen molar-refractivity contribution in [3.8, 4) is 9.75 Å². The Morgan fingerprint density at radius 1 is 1.50 bits per heavy atom. The van der Waals surface area contributed by atoms with Crippen LogP contribution >= 0.6 is 22.7 Å². The Kier molecular flexibility index (Phi) is 2.96. The quantitative estimate of drug-likeness (QED) is 0.870. The van der Waals surface area contributed by atoms with E-state index >= 15 is 0 Å². The number of thiazole rings is 1. The van der Waals surface area contributed by atoms with E-state index in [1.807, 2.05) is 6.92 Å². The van der Waals surface area contributed by atoms with E-state index in [-0.39, 0.29) is 0 Å². The van der Waals surface area contributed by atoms with Gasteiger partial charge in [0.05, 0.1) is 15.6 Å². The minimum absolute atomic E-state index is 0.668. The summed E-state index contributed by atoms with van der Waals surface area (Å²) in [5.41, 5.74) is 6.71. The number of thiophene rings is 1. The third-order valence-corrected chi connectivity index (χ3v) is 3.99. The number of nitrogens with two attached hydrogens (primary N) is 1. The Morgan fingerprint density at radius 2 is 2.36 bits per heavy atom. The van der Waals surface area contributed by atoms with Crippen LogP contribution in [0.4, 0.5) is 0 Å². The number of aromatic nitrogens is 1. The Labute approximate surface area is 91.4 Å². The summed E-state index contributed by atoms with van der Waals surface area (Å²) in [4.78, 5) is 7.10. The highest BCUT2D eigenvalue weighted by Gasteiger charge is 2.10. The molecule has 0 amide bonds. The predicted octanol–water partition coefficient (Wildman–Crippen LogP) is 2.68. The third-order valence-electron chi connectivity index (χ3n) is 1.93. The van der Waals surface area contributed by atoms with Crippen LogP contribution in [0.25, 0.3) is 9.75 Å². The lowest BCUT2D eigenvalue weighted by Gasteiger charge is -1.96. The van der Waals surface area contributed by atoms with Crippen LogP contribution in [0.2, 0.25) is 0 Å². The van der Waals surface area contributed by atoms with Gasteiger partial charge >= 0.3 is 0 Å². The molecule has 14 heavy (non-hydrogen) atoms. The molecule has 0 aliphatic rings. The summed E-state index contributed by atoms with van der Waals surface area (Å²) in [7, 11) is 0. The van der Waals surface area contributed by atoms with E-state index in [9.17, 15) is 0 Å². The van der Waals surface area contributed by atoms with Crippen molar-refractivity contribution < 1.29 is 0 Å². The van der Waals surface area contributed by atoms with Gasteiger partial charge in [-0.2, -0.15) is 0 Å². The van der Waals surface area contributed by atoms with E-state index in [4.69, 9.17) is 5.73 Å². The summed E-state index contributed by atoms with van der Waals surface area (Å²) in [5, 5.41) is 3.22. The van der Waals surface area contributed by atoms with Gasteiger partial charge in [-0.25, -0.2) is 4.98 Å². The summed E-state index contributed by atoms with van der Waals surface area (Å²) in [6.45, 7) is 2.71. The first-order valence-electron chi connectivity index (χ1n) is 4.51.